The quantitative estimate of drug-likeness (QED) is 0.253. The first-order valence-electron chi connectivity index (χ1n) is 11.0. The van der Waals surface area contributed by atoms with Gasteiger partial charge in [0.2, 0.25) is 0 Å². The molecule has 1 aliphatic rings. The van der Waals surface area contributed by atoms with Gasteiger partial charge >= 0.3 is 6.09 Å². The third-order valence-electron chi connectivity index (χ3n) is 5.63. The van der Waals surface area contributed by atoms with Gasteiger partial charge in [-0.3, -0.25) is 15.2 Å². The minimum atomic E-state index is -0.810. The van der Waals surface area contributed by atoms with Crippen LogP contribution in [-0.4, -0.2) is 23.8 Å². The fraction of sp³-hybridized carbons (Fsp3) is 0.148. The molecule has 1 aliphatic heterocycles. The predicted molar refractivity (Wildman–Crippen MR) is 136 cm³/mol. The molecule has 0 radical (unpaired) electrons. The Kier molecular flexibility index (Phi) is 6.73. The number of benzodiazepines with no additional fused rings is 1. The number of carbonyl (C=O) groups is 1. The van der Waals surface area contributed by atoms with E-state index in [2.05, 4.69) is 17.0 Å². The summed E-state index contributed by atoms with van der Waals surface area (Å²) < 4.78 is 5.63. The Morgan fingerprint density at radius 2 is 1.68 bits per heavy atom. The topological polar surface area (TPSA) is 92.3 Å². The number of aliphatic imine (C=N–C) groups is 1. The zero-order valence-electron chi connectivity index (χ0n) is 19.2. The second-order valence-corrected chi connectivity index (χ2v) is 7.87. The SMILES string of the molecule is C=C1C(NC(=O)O[C@@H](C)c2ccccc2)N=C(c2ccccc2)c2ccccc2N1/C(C)=N\N. The van der Waals surface area contributed by atoms with Crippen LogP contribution in [0.2, 0.25) is 0 Å². The molecule has 0 saturated carbocycles. The van der Waals surface area contributed by atoms with Crippen LogP contribution in [0.25, 0.3) is 0 Å². The normalized spacial score (nSPS) is 16.7. The zero-order chi connectivity index (χ0) is 24.1. The van der Waals surface area contributed by atoms with Crippen molar-refractivity contribution in [3.05, 3.63) is 114 Å². The van der Waals surface area contributed by atoms with E-state index in [1.165, 1.54) is 0 Å². The van der Waals surface area contributed by atoms with Crippen LogP contribution >= 0.6 is 0 Å². The van der Waals surface area contributed by atoms with E-state index in [1.54, 1.807) is 11.8 Å². The molecule has 7 heteroatoms. The number of hydrogen-bond donors (Lipinski definition) is 2. The van der Waals surface area contributed by atoms with Crippen molar-refractivity contribution in [1.82, 2.24) is 5.32 Å². The number of para-hydroxylation sites is 1. The molecule has 1 amide bonds. The van der Waals surface area contributed by atoms with Crippen LogP contribution in [-0.2, 0) is 4.74 Å². The van der Waals surface area contributed by atoms with Crippen LogP contribution in [0.4, 0.5) is 10.5 Å². The van der Waals surface area contributed by atoms with Crippen molar-refractivity contribution in [3.8, 4) is 0 Å². The molecular weight excluding hydrogens is 426 g/mol. The molecule has 0 aromatic heterocycles. The second kappa shape index (κ2) is 10.0. The summed E-state index contributed by atoms with van der Waals surface area (Å²) in [6, 6.07) is 27.1. The molecule has 0 saturated heterocycles. The van der Waals surface area contributed by atoms with Gasteiger partial charge in [0.25, 0.3) is 0 Å². The molecule has 1 heterocycles. The zero-order valence-corrected chi connectivity index (χ0v) is 19.2. The van der Waals surface area contributed by atoms with E-state index >= 15 is 0 Å². The van der Waals surface area contributed by atoms with Gasteiger partial charge in [0.05, 0.1) is 17.1 Å². The van der Waals surface area contributed by atoms with Crippen LogP contribution < -0.4 is 16.1 Å². The summed E-state index contributed by atoms with van der Waals surface area (Å²) in [4.78, 5) is 19.6. The summed E-state index contributed by atoms with van der Waals surface area (Å²) in [6.07, 6.45) is -1.85. The number of benzene rings is 3. The molecule has 4 rings (SSSR count). The molecule has 3 aromatic rings. The number of nitrogens with two attached hydrogens (primary N) is 1. The van der Waals surface area contributed by atoms with E-state index in [0.717, 1.165) is 22.4 Å². The number of nitrogens with one attached hydrogen (secondary N) is 1. The lowest BCUT2D eigenvalue weighted by atomic mass is 10.0. The summed E-state index contributed by atoms with van der Waals surface area (Å²) in [5.41, 5.74) is 4.70. The van der Waals surface area contributed by atoms with Gasteiger partial charge in [0, 0.05) is 11.1 Å². The summed E-state index contributed by atoms with van der Waals surface area (Å²) >= 11 is 0. The van der Waals surface area contributed by atoms with Crippen molar-refractivity contribution in [1.29, 1.82) is 0 Å². The van der Waals surface area contributed by atoms with Crippen LogP contribution in [0, 0.1) is 0 Å². The Bertz CT molecular complexity index is 1240. The summed E-state index contributed by atoms with van der Waals surface area (Å²) in [6.45, 7) is 7.84. The smallest absolute Gasteiger partial charge is 0.409 e. The maximum Gasteiger partial charge on any atom is 0.409 e. The standard InChI is InChI=1S/C27H27N5O2/c1-18-26(30-27(33)34-19(2)21-12-6-4-7-13-21)29-25(22-14-8-5-9-15-22)23-16-10-11-17-24(23)32(18)20(3)31-28/h4-17,19,26H,1,28H2,2-3H3,(H,30,33)/b31-20-/t19-,26?/m0/s1. The number of rotatable bonds is 4. The molecule has 1 unspecified atom stereocenters. The minimum absolute atomic E-state index is 0.432. The maximum atomic E-state index is 12.9. The molecule has 2 atom stereocenters. The fourth-order valence-corrected chi connectivity index (χ4v) is 3.90. The Balaban J connectivity index is 1.72. The first kappa shape index (κ1) is 22.8. The predicted octanol–water partition coefficient (Wildman–Crippen LogP) is 4.96. The van der Waals surface area contributed by atoms with Gasteiger partial charge in [0.1, 0.15) is 11.9 Å². The lowest BCUT2D eigenvalue weighted by Crippen LogP contribution is -2.42. The van der Waals surface area contributed by atoms with Crippen LogP contribution in [0.3, 0.4) is 0 Å². The molecule has 0 bridgehead atoms. The highest BCUT2D eigenvalue weighted by Gasteiger charge is 2.31. The van der Waals surface area contributed by atoms with Gasteiger partial charge < -0.3 is 10.6 Å². The van der Waals surface area contributed by atoms with Crippen LogP contribution in [0.1, 0.15) is 36.6 Å². The van der Waals surface area contributed by atoms with E-state index in [0.29, 0.717) is 17.2 Å². The maximum absolute atomic E-state index is 12.9. The Morgan fingerprint density at radius 1 is 1.06 bits per heavy atom. The highest BCUT2D eigenvalue weighted by atomic mass is 16.6. The number of amides is 1. The highest BCUT2D eigenvalue weighted by Crippen LogP contribution is 2.32. The van der Waals surface area contributed by atoms with Gasteiger partial charge in [-0.25, -0.2) is 4.79 Å². The molecule has 34 heavy (non-hydrogen) atoms. The van der Waals surface area contributed by atoms with E-state index in [1.807, 2.05) is 91.9 Å². The number of fused-ring (bicyclic) bond motifs is 1. The van der Waals surface area contributed by atoms with Gasteiger partial charge in [-0.05, 0) is 25.5 Å². The molecule has 7 nitrogen and oxygen atoms in total. The average Bonchev–Trinajstić information content (AvgIpc) is 2.99. The van der Waals surface area contributed by atoms with Crippen molar-refractivity contribution in [2.45, 2.75) is 26.1 Å². The van der Waals surface area contributed by atoms with Gasteiger partial charge in [-0.1, -0.05) is 85.4 Å². The first-order valence-corrected chi connectivity index (χ1v) is 11.0. The number of hydrogen-bond acceptors (Lipinski definition) is 5. The highest BCUT2D eigenvalue weighted by molar-refractivity contribution is 6.19. The van der Waals surface area contributed by atoms with Gasteiger partial charge in [-0.2, -0.15) is 5.10 Å². The lowest BCUT2D eigenvalue weighted by molar-refractivity contribution is 0.105. The number of amidine groups is 1. The largest absolute Gasteiger partial charge is 0.442 e. The van der Waals surface area contributed by atoms with Crippen molar-refractivity contribution in [2.75, 3.05) is 4.90 Å². The first-order chi connectivity index (χ1) is 16.5. The third kappa shape index (κ3) is 4.68. The van der Waals surface area contributed by atoms with Crippen molar-refractivity contribution in [3.63, 3.8) is 0 Å². The number of ether oxygens (including phenoxy) is 1. The Labute approximate surface area is 199 Å². The van der Waals surface area contributed by atoms with Crippen molar-refractivity contribution in [2.24, 2.45) is 15.9 Å². The Hall–Kier alpha value is -4.39. The second-order valence-electron chi connectivity index (χ2n) is 7.87. The molecule has 3 N–H and O–H groups in total. The Morgan fingerprint density at radius 3 is 2.35 bits per heavy atom. The van der Waals surface area contributed by atoms with E-state index in [4.69, 9.17) is 15.6 Å². The lowest BCUT2D eigenvalue weighted by Gasteiger charge is -2.28. The molecule has 0 fully saturated rings. The van der Waals surface area contributed by atoms with E-state index in [9.17, 15) is 4.79 Å². The van der Waals surface area contributed by atoms with Crippen LogP contribution in [0.15, 0.2) is 107 Å². The number of nitrogens with zero attached hydrogens (tertiary/aromatic N) is 3. The average molecular weight is 454 g/mol. The van der Waals surface area contributed by atoms with Crippen LogP contribution in [0.5, 0.6) is 0 Å². The molecule has 172 valence electrons. The monoisotopic (exact) mass is 453 g/mol. The van der Waals surface area contributed by atoms with Gasteiger partial charge in [-0.15, -0.1) is 0 Å². The molecule has 3 aromatic carbocycles. The summed E-state index contributed by atoms with van der Waals surface area (Å²) in [7, 11) is 0. The molecular formula is C27H27N5O2. The molecule has 0 spiro atoms. The van der Waals surface area contributed by atoms with E-state index < -0.39 is 18.4 Å². The molecule has 0 aliphatic carbocycles. The summed E-state index contributed by atoms with van der Waals surface area (Å²) in [5, 5.41) is 6.76. The minimum Gasteiger partial charge on any atom is -0.442 e. The van der Waals surface area contributed by atoms with Crippen molar-refractivity contribution >= 4 is 23.3 Å². The fourth-order valence-electron chi connectivity index (χ4n) is 3.90. The number of carbonyl (C=O) groups excluding carboxylic acids is 1. The third-order valence-corrected chi connectivity index (χ3v) is 5.63. The number of anilines is 1. The number of alkyl carbamates (subject to hydrolysis) is 1. The summed E-state index contributed by atoms with van der Waals surface area (Å²) in [5.74, 6) is 6.17. The van der Waals surface area contributed by atoms with E-state index in [-0.39, 0.29) is 0 Å². The van der Waals surface area contributed by atoms with Gasteiger partial charge in [0.15, 0.2) is 6.17 Å². The van der Waals surface area contributed by atoms with Crippen molar-refractivity contribution < 1.29 is 9.53 Å². The number of hydrazone groups is 1.